The molecular formula is C5H5F4O. The zero-order chi connectivity index (χ0) is 7.99. The third-order valence-electron chi connectivity index (χ3n) is 1.61. The Balaban J connectivity index is 2.84. The lowest BCUT2D eigenvalue weighted by atomic mass is 10.2. The quantitative estimate of drug-likeness (QED) is 0.478. The van der Waals surface area contributed by atoms with Gasteiger partial charge in [-0.05, 0) is 6.42 Å². The summed E-state index contributed by atoms with van der Waals surface area (Å²) in [4.78, 5) is 0. The number of alkyl halides is 4. The molecule has 10 heavy (non-hydrogen) atoms. The number of rotatable bonds is 0. The number of hydrogen-bond donors (Lipinski definition) is 0. The van der Waals surface area contributed by atoms with Crippen molar-refractivity contribution in [3.05, 3.63) is 0 Å². The first-order valence-electron chi connectivity index (χ1n) is 2.79. The number of halogens is 4. The third kappa shape index (κ3) is 0.801. The summed E-state index contributed by atoms with van der Waals surface area (Å²) in [5.41, 5.74) is 0. The van der Waals surface area contributed by atoms with E-state index >= 15 is 0 Å². The predicted octanol–water partition coefficient (Wildman–Crippen LogP) is 1.85. The molecule has 0 N–H and O–H groups in total. The molecular weight excluding hydrogens is 152 g/mol. The van der Waals surface area contributed by atoms with E-state index in [0.717, 1.165) is 0 Å². The Morgan fingerprint density at radius 3 is 1.90 bits per heavy atom. The summed E-state index contributed by atoms with van der Waals surface area (Å²) in [6, 6.07) is 0. The summed E-state index contributed by atoms with van der Waals surface area (Å²) in [5, 5.41) is 10.1. The molecule has 0 aromatic heterocycles. The van der Waals surface area contributed by atoms with E-state index in [1.165, 1.54) is 0 Å². The van der Waals surface area contributed by atoms with Crippen LogP contribution in [0, 0.1) is 0 Å². The van der Waals surface area contributed by atoms with Gasteiger partial charge in [0.1, 0.15) is 0 Å². The van der Waals surface area contributed by atoms with E-state index in [-0.39, 0.29) is 0 Å². The summed E-state index contributed by atoms with van der Waals surface area (Å²) < 4.78 is 48.2. The van der Waals surface area contributed by atoms with E-state index in [1.807, 2.05) is 0 Å². The van der Waals surface area contributed by atoms with Crippen LogP contribution in [0.5, 0.6) is 0 Å². The molecule has 1 aliphatic rings. The van der Waals surface area contributed by atoms with Crippen molar-refractivity contribution in [1.29, 1.82) is 0 Å². The molecule has 0 saturated heterocycles. The largest absolute Gasteiger partial charge is 0.338 e. The molecule has 0 aromatic carbocycles. The molecule has 0 aliphatic heterocycles. The van der Waals surface area contributed by atoms with E-state index < -0.39 is 30.8 Å². The summed E-state index contributed by atoms with van der Waals surface area (Å²) in [5.74, 6) is -8.24. The Morgan fingerprint density at radius 1 is 1.30 bits per heavy atom. The Labute approximate surface area is 54.6 Å². The van der Waals surface area contributed by atoms with Crippen LogP contribution in [-0.2, 0) is 5.11 Å². The van der Waals surface area contributed by atoms with Gasteiger partial charge in [0, 0.05) is 6.42 Å². The van der Waals surface area contributed by atoms with Crippen LogP contribution in [0.2, 0.25) is 0 Å². The lowest BCUT2D eigenvalue weighted by molar-refractivity contribution is -0.276. The van der Waals surface area contributed by atoms with Gasteiger partial charge in [-0.25, -0.2) is 8.78 Å². The Hall–Kier alpha value is -0.320. The first-order chi connectivity index (χ1) is 4.38. The highest BCUT2D eigenvalue weighted by Gasteiger charge is 2.66. The van der Waals surface area contributed by atoms with Gasteiger partial charge in [-0.1, -0.05) is 0 Å². The molecule has 0 heterocycles. The molecule has 0 bridgehead atoms. The second kappa shape index (κ2) is 1.84. The van der Waals surface area contributed by atoms with Gasteiger partial charge in [-0.2, -0.15) is 13.9 Å². The minimum absolute atomic E-state index is 0.688. The van der Waals surface area contributed by atoms with E-state index in [0.29, 0.717) is 0 Å². The predicted molar refractivity (Wildman–Crippen MR) is 23.6 cm³/mol. The average Bonchev–Trinajstić information content (AvgIpc) is 1.94. The van der Waals surface area contributed by atoms with Crippen molar-refractivity contribution < 1.29 is 22.7 Å². The zero-order valence-electron chi connectivity index (χ0n) is 4.91. The fourth-order valence-corrected chi connectivity index (χ4v) is 0.894. The van der Waals surface area contributed by atoms with Crippen LogP contribution >= 0.6 is 0 Å². The van der Waals surface area contributed by atoms with Crippen LogP contribution in [0.4, 0.5) is 17.6 Å². The fourth-order valence-electron chi connectivity index (χ4n) is 0.894. The monoisotopic (exact) mass is 157 g/mol. The van der Waals surface area contributed by atoms with Crippen molar-refractivity contribution in [2.75, 3.05) is 0 Å². The van der Waals surface area contributed by atoms with Crippen molar-refractivity contribution in [3.63, 3.8) is 0 Å². The molecule has 0 aromatic rings. The summed E-state index contributed by atoms with van der Waals surface area (Å²) >= 11 is 0. The molecule has 59 valence electrons. The van der Waals surface area contributed by atoms with Crippen LogP contribution in [0.25, 0.3) is 0 Å². The van der Waals surface area contributed by atoms with Crippen molar-refractivity contribution in [3.8, 4) is 0 Å². The molecule has 1 fully saturated rings. The summed E-state index contributed by atoms with van der Waals surface area (Å²) in [6.45, 7) is 0. The van der Waals surface area contributed by atoms with Crippen molar-refractivity contribution in [2.24, 2.45) is 0 Å². The molecule has 2 unspecified atom stereocenters. The standard InChI is InChI=1S/C5H5F4O/c6-3-1-2-4(7,10)5(3,8)9/h3H,1-2H2. The Bertz CT molecular complexity index is 145. The lowest BCUT2D eigenvalue weighted by Gasteiger charge is -2.19. The smallest absolute Gasteiger partial charge is 0.241 e. The maximum absolute atomic E-state index is 12.1. The van der Waals surface area contributed by atoms with Crippen LogP contribution in [0.3, 0.4) is 0 Å². The first kappa shape index (κ1) is 7.78. The van der Waals surface area contributed by atoms with E-state index in [2.05, 4.69) is 0 Å². The van der Waals surface area contributed by atoms with E-state index in [4.69, 9.17) is 0 Å². The minimum Gasteiger partial charge on any atom is -0.241 e. The number of hydrogen-bond acceptors (Lipinski definition) is 0. The molecule has 1 saturated carbocycles. The van der Waals surface area contributed by atoms with E-state index in [1.54, 1.807) is 0 Å². The molecule has 0 spiro atoms. The van der Waals surface area contributed by atoms with Crippen molar-refractivity contribution in [1.82, 2.24) is 0 Å². The third-order valence-corrected chi connectivity index (χ3v) is 1.61. The van der Waals surface area contributed by atoms with Gasteiger partial charge < -0.3 is 0 Å². The normalized spacial score (nSPS) is 45.9. The topological polar surface area (TPSA) is 19.9 Å². The second-order valence-electron chi connectivity index (χ2n) is 2.36. The molecule has 5 heteroatoms. The molecule has 1 aliphatic carbocycles. The van der Waals surface area contributed by atoms with Gasteiger partial charge in [0.15, 0.2) is 6.17 Å². The minimum atomic E-state index is -4.34. The fraction of sp³-hybridized carbons (Fsp3) is 1.00. The van der Waals surface area contributed by atoms with Gasteiger partial charge in [-0.3, -0.25) is 0 Å². The Morgan fingerprint density at radius 2 is 1.80 bits per heavy atom. The maximum atomic E-state index is 12.1. The van der Waals surface area contributed by atoms with Gasteiger partial charge in [0.2, 0.25) is 0 Å². The van der Waals surface area contributed by atoms with Crippen LogP contribution < -0.4 is 0 Å². The average molecular weight is 157 g/mol. The summed E-state index contributed by atoms with van der Waals surface area (Å²) in [7, 11) is 0. The molecule has 1 rings (SSSR count). The van der Waals surface area contributed by atoms with E-state index in [9.17, 15) is 22.7 Å². The van der Waals surface area contributed by atoms with Crippen molar-refractivity contribution >= 4 is 0 Å². The highest BCUT2D eigenvalue weighted by molar-refractivity contribution is 4.97. The molecule has 1 nitrogen and oxygen atoms in total. The van der Waals surface area contributed by atoms with Gasteiger partial charge >= 0.3 is 11.8 Å². The Kier molecular flexibility index (Phi) is 1.43. The summed E-state index contributed by atoms with van der Waals surface area (Å²) in [6.07, 6.45) is -4.25. The maximum Gasteiger partial charge on any atom is 0.338 e. The molecule has 2 atom stereocenters. The molecule has 0 amide bonds. The lowest BCUT2D eigenvalue weighted by Crippen LogP contribution is -2.42. The van der Waals surface area contributed by atoms with Crippen LogP contribution in [0.1, 0.15) is 12.8 Å². The molecule has 1 radical (unpaired) electrons. The highest BCUT2D eigenvalue weighted by Crippen LogP contribution is 2.46. The first-order valence-corrected chi connectivity index (χ1v) is 2.79. The SMILES string of the molecule is [O]C1(F)CCC(F)C1(F)F. The van der Waals surface area contributed by atoms with Crippen LogP contribution in [0.15, 0.2) is 0 Å². The van der Waals surface area contributed by atoms with Crippen LogP contribution in [-0.4, -0.2) is 17.9 Å². The van der Waals surface area contributed by atoms with Crippen molar-refractivity contribution in [2.45, 2.75) is 30.8 Å². The van der Waals surface area contributed by atoms with Gasteiger partial charge in [0.05, 0.1) is 0 Å². The van der Waals surface area contributed by atoms with Gasteiger partial charge in [0.25, 0.3) is 0 Å². The zero-order valence-corrected chi connectivity index (χ0v) is 4.91. The van der Waals surface area contributed by atoms with Gasteiger partial charge in [-0.15, -0.1) is 0 Å². The second-order valence-corrected chi connectivity index (χ2v) is 2.36. The highest BCUT2D eigenvalue weighted by atomic mass is 19.3.